The molecule has 2 unspecified atom stereocenters. The summed E-state index contributed by atoms with van der Waals surface area (Å²) >= 11 is 0. The molecule has 3 fully saturated rings. The van der Waals surface area contributed by atoms with Crippen LogP contribution < -0.4 is 16.0 Å². The van der Waals surface area contributed by atoms with Gasteiger partial charge in [-0.2, -0.15) is 0 Å². The summed E-state index contributed by atoms with van der Waals surface area (Å²) in [5.41, 5.74) is 0. The van der Waals surface area contributed by atoms with E-state index in [0.717, 1.165) is 25.2 Å². The van der Waals surface area contributed by atoms with Gasteiger partial charge in [-0.25, -0.2) is 8.42 Å². The molecule has 2 saturated heterocycles. The summed E-state index contributed by atoms with van der Waals surface area (Å²) in [5, 5.41) is 9.86. The Kier molecular flexibility index (Phi) is 8.43. The van der Waals surface area contributed by atoms with Crippen molar-refractivity contribution in [3.05, 3.63) is 0 Å². The quantitative estimate of drug-likeness (QED) is 0.307. The topological polar surface area (TPSA) is 99.7 Å². The molecule has 26 heavy (non-hydrogen) atoms. The molecule has 0 aromatic carbocycles. The third-order valence-corrected chi connectivity index (χ3v) is 7.22. The van der Waals surface area contributed by atoms with Gasteiger partial charge in [0, 0.05) is 31.6 Å². The molecule has 2 atom stereocenters. The monoisotopic (exact) mass is 498 g/mol. The first-order valence-corrected chi connectivity index (χ1v) is 11.4. The van der Waals surface area contributed by atoms with Crippen molar-refractivity contribution in [2.45, 2.75) is 63.5 Å². The fourth-order valence-electron chi connectivity index (χ4n) is 3.86. The lowest BCUT2D eigenvalue weighted by Gasteiger charge is -2.29. The summed E-state index contributed by atoms with van der Waals surface area (Å²) in [7, 11) is -2.86. The molecule has 2 heterocycles. The number of halogens is 1. The Morgan fingerprint density at radius 3 is 2.42 bits per heavy atom. The molecular weight excluding hydrogens is 467 g/mol. The van der Waals surface area contributed by atoms with Crippen LogP contribution in [-0.2, 0) is 14.6 Å². The molecular formula is C17H31IN4O3S. The van der Waals surface area contributed by atoms with E-state index in [1.165, 1.54) is 19.3 Å². The summed E-state index contributed by atoms with van der Waals surface area (Å²) in [4.78, 5) is 16.0. The molecule has 3 aliphatic rings. The Balaban J connectivity index is 0.00000243. The van der Waals surface area contributed by atoms with Gasteiger partial charge in [-0.3, -0.25) is 9.79 Å². The normalized spacial score (nSPS) is 29.5. The van der Waals surface area contributed by atoms with Crippen LogP contribution in [0.15, 0.2) is 4.99 Å². The number of hydrogen-bond acceptors (Lipinski definition) is 4. The number of sulfone groups is 1. The zero-order valence-electron chi connectivity index (χ0n) is 15.2. The maximum absolute atomic E-state index is 11.6. The van der Waals surface area contributed by atoms with E-state index in [9.17, 15) is 13.2 Å². The van der Waals surface area contributed by atoms with Crippen molar-refractivity contribution in [2.75, 3.05) is 24.6 Å². The highest BCUT2D eigenvalue weighted by Crippen LogP contribution is 2.19. The first-order chi connectivity index (χ1) is 12.0. The number of hydrogen-bond donors (Lipinski definition) is 3. The van der Waals surface area contributed by atoms with Crippen LogP contribution >= 0.6 is 24.0 Å². The zero-order chi connectivity index (χ0) is 17.7. The molecule has 150 valence electrons. The van der Waals surface area contributed by atoms with Gasteiger partial charge in [0.25, 0.3) is 0 Å². The Morgan fingerprint density at radius 1 is 1.08 bits per heavy atom. The van der Waals surface area contributed by atoms with Gasteiger partial charge in [-0.15, -0.1) is 24.0 Å². The predicted octanol–water partition coefficient (Wildman–Crippen LogP) is 1.19. The lowest BCUT2D eigenvalue weighted by Crippen LogP contribution is -2.53. The first kappa shape index (κ1) is 21.7. The van der Waals surface area contributed by atoms with E-state index in [1.807, 2.05) is 0 Å². The molecule has 3 rings (SSSR count). The second-order valence-corrected chi connectivity index (χ2v) is 9.85. The number of carbonyl (C=O) groups excluding carboxylic acids is 1. The lowest BCUT2D eigenvalue weighted by molar-refractivity contribution is -0.122. The maximum atomic E-state index is 11.6. The second kappa shape index (κ2) is 10.1. The van der Waals surface area contributed by atoms with Gasteiger partial charge >= 0.3 is 0 Å². The molecule has 1 saturated carbocycles. The molecule has 2 aliphatic heterocycles. The molecule has 3 N–H and O–H groups in total. The Hall–Kier alpha value is -0.580. The summed E-state index contributed by atoms with van der Waals surface area (Å²) < 4.78 is 23.3. The van der Waals surface area contributed by atoms with Crippen LogP contribution in [0.4, 0.5) is 0 Å². The summed E-state index contributed by atoms with van der Waals surface area (Å²) in [5.74, 6) is 1.55. The average molecular weight is 498 g/mol. The molecule has 0 bridgehead atoms. The molecule has 0 aromatic rings. The fraction of sp³-hybridized carbons (Fsp3) is 0.882. The molecule has 9 heteroatoms. The minimum Gasteiger partial charge on any atom is -0.354 e. The average Bonchev–Trinajstić information content (AvgIpc) is 2.95. The van der Waals surface area contributed by atoms with Crippen molar-refractivity contribution in [1.29, 1.82) is 0 Å². The van der Waals surface area contributed by atoms with Gasteiger partial charge in [0.2, 0.25) is 5.91 Å². The molecule has 1 aliphatic carbocycles. The highest BCUT2D eigenvalue weighted by molar-refractivity contribution is 14.0. The minimum atomic E-state index is -2.86. The number of carbonyl (C=O) groups is 1. The van der Waals surface area contributed by atoms with Crippen LogP contribution in [0, 0.1) is 5.92 Å². The van der Waals surface area contributed by atoms with E-state index in [0.29, 0.717) is 37.7 Å². The Labute approximate surface area is 173 Å². The summed E-state index contributed by atoms with van der Waals surface area (Å²) in [6.07, 6.45) is 8.13. The fourth-order valence-corrected chi connectivity index (χ4v) is 5.71. The van der Waals surface area contributed by atoms with Crippen molar-refractivity contribution in [1.82, 2.24) is 16.0 Å². The number of guanidine groups is 1. The van der Waals surface area contributed by atoms with Crippen LogP contribution in [0.5, 0.6) is 0 Å². The van der Waals surface area contributed by atoms with E-state index in [1.54, 1.807) is 0 Å². The van der Waals surface area contributed by atoms with Gasteiger partial charge in [0.05, 0.1) is 11.5 Å². The van der Waals surface area contributed by atoms with Gasteiger partial charge in [0.15, 0.2) is 15.8 Å². The van der Waals surface area contributed by atoms with Crippen molar-refractivity contribution >= 4 is 45.7 Å². The molecule has 7 nitrogen and oxygen atoms in total. The van der Waals surface area contributed by atoms with E-state index in [2.05, 4.69) is 16.0 Å². The predicted molar refractivity (Wildman–Crippen MR) is 114 cm³/mol. The Morgan fingerprint density at radius 2 is 1.81 bits per heavy atom. The maximum Gasteiger partial charge on any atom is 0.220 e. The second-order valence-electron chi connectivity index (χ2n) is 7.62. The van der Waals surface area contributed by atoms with E-state index in [-0.39, 0.29) is 47.6 Å². The van der Waals surface area contributed by atoms with Crippen molar-refractivity contribution in [3.63, 3.8) is 0 Å². The third-order valence-electron chi connectivity index (χ3n) is 5.39. The number of rotatable bonds is 4. The number of piperidine rings is 1. The first-order valence-electron chi connectivity index (χ1n) is 9.55. The van der Waals surface area contributed by atoms with Gasteiger partial charge in [0.1, 0.15) is 0 Å². The number of nitrogens with zero attached hydrogens (tertiary/aromatic N) is 1. The standard InChI is InChI=1S/C17H30N4O3S.HI/c22-16-7-6-15(11-18-16)21-17(20-14-4-2-1-3-5-14)19-10-13-8-9-25(23,24)12-13;/h13-15H,1-12H2,(H,18,22)(H2,19,20,21);1H. The molecule has 0 radical (unpaired) electrons. The molecule has 0 aromatic heterocycles. The molecule has 1 amide bonds. The number of aliphatic imine (C=N–C) groups is 1. The van der Waals surface area contributed by atoms with Crippen molar-refractivity contribution < 1.29 is 13.2 Å². The zero-order valence-corrected chi connectivity index (χ0v) is 18.4. The smallest absolute Gasteiger partial charge is 0.220 e. The highest BCUT2D eigenvalue weighted by atomic mass is 127. The van der Waals surface area contributed by atoms with Crippen LogP contribution in [0.25, 0.3) is 0 Å². The SMILES string of the molecule is I.O=C1CCC(NC(=NCC2CCS(=O)(=O)C2)NC2CCCCC2)CN1. The largest absolute Gasteiger partial charge is 0.354 e. The van der Waals surface area contributed by atoms with Crippen molar-refractivity contribution in [3.8, 4) is 0 Å². The summed E-state index contributed by atoms with van der Waals surface area (Å²) in [6.45, 7) is 1.16. The minimum absolute atomic E-state index is 0. The van der Waals surface area contributed by atoms with Crippen LogP contribution in [-0.4, -0.2) is 57.0 Å². The van der Waals surface area contributed by atoms with Gasteiger partial charge in [-0.1, -0.05) is 19.3 Å². The third kappa shape index (κ3) is 6.86. The van der Waals surface area contributed by atoms with Crippen LogP contribution in [0.2, 0.25) is 0 Å². The van der Waals surface area contributed by atoms with Crippen LogP contribution in [0.1, 0.15) is 51.4 Å². The number of amides is 1. The number of nitrogens with one attached hydrogen (secondary N) is 3. The van der Waals surface area contributed by atoms with Gasteiger partial charge < -0.3 is 16.0 Å². The molecule has 0 spiro atoms. The Bertz CT molecular complexity index is 595. The van der Waals surface area contributed by atoms with Gasteiger partial charge in [-0.05, 0) is 31.6 Å². The van der Waals surface area contributed by atoms with Crippen LogP contribution in [0.3, 0.4) is 0 Å². The van der Waals surface area contributed by atoms with E-state index in [4.69, 9.17) is 4.99 Å². The van der Waals surface area contributed by atoms with E-state index < -0.39 is 9.84 Å². The van der Waals surface area contributed by atoms with E-state index >= 15 is 0 Å². The lowest BCUT2D eigenvalue weighted by atomic mass is 9.96. The van der Waals surface area contributed by atoms with Crippen molar-refractivity contribution in [2.24, 2.45) is 10.9 Å². The highest BCUT2D eigenvalue weighted by Gasteiger charge is 2.28. The summed E-state index contributed by atoms with van der Waals surface area (Å²) in [6, 6.07) is 0.616.